The van der Waals surface area contributed by atoms with Gasteiger partial charge < -0.3 is 9.26 Å². The summed E-state index contributed by atoms with van der Waals surface area (Å²) in [5.74, 6) is 2.88. The van der Waals surface area contributed by atoms with Crippen molar-refractivity contribution in [2.45, 2.75) is 11.5 Å². The molecule has 2 atom stereocenters. The Labute approximate surface area is 120 Å². The molecule has 100 valence electrons. The Kier molecular flexibility index (Phi) is 4.06. The summed E-state index contributed by atoms with van der Waals surface area (Å²) in [6.45, 7) is 0.724. The Bertz CT molecular complexity index is 528. The highest BCUT2D eigenvalue weighted by atomic mass is 35.5. The first kappa shape index (κ1) is 13.0. The molecule has 1 saturated heterocycles. The van der Waals surface area contributed by atoms with E-state index in [1.807, 2.05) is 42.1 Å². The Balaban J connectivity index is 1.77. The van der Waals surface area contributed by atoms with E-state index in [1.54, 1.807) is 0 Å². The van der Waals surface area contributed by atoms with Gasteiger partial charge in [0.05, 0.1) is 6.61 Å². The maximum absolute atomic E-state index is 6.34. The minimum atomic E-state index is -0.418. The number of alkyl halides is 1. The molecule has 4 nitrogen and oxygen atoms in total. The molecule has 2 unspecified atom stereocenters. The van der Waals surface area contributed by atoms with Crippen molar-refractivity contribution in [2.24, 2.45) is 0 Å². The number of halogens is 1. The van der Waals surface area contributed by atoms with E-state index in [9.17, 15) is 0 Å². The number of rotatable bonds is 3. The molecule has 3 rings (SSSR count). The van der Waals surface area contributed by atoms with Crippen LogP contribution in [0, 0.1) is 0 Å². The minimum Gasteiger partial charge on any atom is -0.368 e. The highest BCUT2D eigenvalue weighted by Gasteiger charge is 2.25. The third kappa shape index (κ3) is 2.94. The average Bonchev–Trinajstić information content (AvgIpc) is 2.98. The Morgan fingerprint density at radius 3 is 2.89 bits per heavy atom. The lowest BCUT2D eigenvalue weighted by atomic mass is 10.1. The number of ether oxygens (including phenoxy) is 1. The van der Waals surface area contributed by atoms with Gasteiger partial charge in [-0.15, -0.1) is 11.6 Å². The van der Waals surface area contributed by atoms with E-state index < -0.39 is 5.38 Å². The number of thioether (sulfide) groups is 1. The number of hydrogen-bond donors (Lipinski definition) is 0. The molecular weight excluding hydrogens is 284 g/mol. The van der Waals surface area contributed by atoms with Crippen LogP contribution >= 0.6 is 23.4 Å². The second kappa shape index (κ2) is 5.94. The molecular formula is C13H13ClN2O2S. The summed E-state index contributed by atoms with van der Waals surface area (Å²) in [6, 6.07) is 9.69. The molecule has 1 fully saturated rings. The molecule has 0 amide bonds. The first-order chi connectivity index (χ1) is 9.34. The van der Waals surface area contributed by atoms with Crippen LogP contribution in [0.4, 0.5) is 0 Å². The predicted molar refractivity (Wildman–Crippen MR) is 74.5 cm³/mol. The Morgan fingerprint density at radius 1 is 1.32 bits per heavy atom. The van der Waals surface area contributed by atoms with Gasteiger partial charge in [0.25, 0.3) is 0 Å². The van der Waals surface area contributed by atoms with Crippen molar-refractivity contribution in [3.63, 3.8) is 0 Å². The first-order valence-electron chi connectivity index (χ1n) is 6.06. The van der Waals surface area contributed by atoms with Gasteiger partial charge in [-0.1, -0.05) is 35.5 Å². The van der Waals surface area contributed by atoms with Gasteiger partial charge in [-0.3, -0.25) is 0 Å². The van der Waals surface area contributed by atoms with Crippen molar-refractivity contribution in [1.82, 2.24) is 10.1 Å². The fraction of sp³-hybridized carbons (Fsp3) is 0.385. The van der Waals surface area contributed by atoms with Gasteiger partial charge in [0, 0.05) is 11.5 Å². The molecule has 0 saturated carbocycles. The number of nitrogens with zero attached hydrogens (tertiary/aromatic N) is 2. The molecule has 2 heterocycles. The van der Waals surface area contributed by atoms with Crippen molar-refractivity contribution < 1.29 is 9.26 Å². The van der Waals surface area contributed by atoms with Crippen LogP contribution in [-0.2, 0) is 4.74 Å². The van der Waals surface area contributed by atoms with Crippen LogP contribution in [0.3, 0.4) is 0 Å². The van der Waals surface area contributed by atoms with Crippen molar-refractivity contribution >= 4 is 23.4 Å². The van der Waals surface area contributed by atoms with Crippen LogP contribution in [-0.4, -0.2) is 28.3 Å². The molecule has 0 aliphatic carbocycles. The van der Waals surface area contributed by atoms with E-state index >= 15 is 0 Å². The van der Waals surface area contributed by atoms with Crippen molar-refractivity contribution in [3.05, 3.63) is 47.6 Å². The third-order valence-electron chi connectivity index (χ3n) is 2.87. The maximum atomic E-state index is 6.34. The molecule has 0 bridgehead atoms. The van der Waals surface area contributed by atoms with Gasteiger partial charge in [-0.05, 0) is 5.56 Å². The maximum Gasteiger partial charge on any atom is 0.249 e. The van der Waals surface area contributed by atoms with Crippen LogP contribution in [0.15, 0.2) is 34.9 Å². The van der Waals surface area contributed by atoms with Crippen LogP contribution < -0.4 is 0 Å². The zero-order chi connectivity index (χ0) is 13.1. The monoisotopic (exact) mass is 296 g/mol. The van der Waals surface area contributed by atoms with Gasteiger partial charge >= 0.3 is 0 Å². The topological polar surface area (TPSA) is 48.2 Å². The van der Waals surface area contributed by atoms with E-state index in [-0.39, 0.29) is 6.10 Å². The highest BCUT2D eigenvalue weighted by molar-refractivity contribution is 7.99. The highest BCUT2D eigenvalue weighted by Crippen LogP contribution is 2.30. The van der Waals surface area contributed by atoms with Crippen molar-refractivity contribution in [2.75, 3.05) is 18.1 Å². The summed E-state index contributed by atoms with van der Waals surface area (Å²) < 4.78 is 10.9. The normalized spacial score (nSPS) is 21.2. The molecule has 1 aromatic carbocycles. The molecule has 1 aliphatic rings. The fourth-order valence-electron chi connectivity index (χ4n) is 1.88. The van der Waals surface area contributed by atoms with E-state index in [0.717, 1.165) is 23.7 Å². The molecule has 6 heteroatoms. The number of aromatic nitrogens is 2. The summed E-state index contributed by atoms with van der Waals surface area (Å²) >= 11 is 8.17. The van der Waals surface area contributed by atoms with E-state index in [4.69, 9.17) is 20.9 Å². The van der Waals surface area contributed by atoms with Crippen LogP contribution in [0.25, 0.3) is 0 Å². The number of benzene rings is 1. The zero-order valence-corrected chi connectivity index (χ0v) is 11.7. The van der Waals surface area contributed by atoms with E-state index in [0.29, 0.717) is 11.7 Å². The molecule has 1 aliphatic heterocycles. The quantitative estimate of drug-likeness (QED) is 0.814. The third-order valence-corrected chi connectivity index (χ3v) is 4.30. The lowest BCUT2D eigenvalue weighted by Crippen LogP contribution is -2.16. The van der Waals surface area contributed by atoms with Gasteiger partial charge in [-0.25, -0.2) is 0 Å². The average molecular weight is 297 g/mol. The smallest absolute Gasteiger partial charge is 0.249 e. The van der Waals surface area contributed by atoms with Crippen LogP contribution in [0.1, 0.15) is 28.8 Å². The standard InChI is InChI=1S/C13H13ClN2O2S/c14-11(9-4-2-1-3-5-9)13-15-12(16-18-13)10-8-19-7-6-17-10/h1-5,10-11H,6-8H2. The Hall–Kier alpha value is -1.04. The zero-order valence-electron chi connectivity index (χ0n) is 10.2. The lowest BCUT2D eigenvalue weighted by molar-refractivity contribution is 0.0677. The summed E-state index contributed by atoms with van der Waals surface area (Å²) in [5.41, 5.74) is 0.943. The van der Waals surface area contributed by atoms with Gasteiger partial charge in [0.2, 0.25) is 11.7 Å². The van der Waals surface area contributed by atoms with Gasteiger partial charge in [0.15, 0.2) is 0 Å². The summed E-state index contributed by atoms with van der Waals surface area (Å²) in [4.78, 5) is 4.36. The first-order valence-corrected chi connectivity index (χ1v) is 7.65. The van der Waals surface area contributed by atoms with Crippen LogP contribution in [0.2, 0.25) is 0 Å². The molecule has 2 aromatic rings. The Morgan fingerprint density at radius 2 is 2.16 bits per heavy atom. The second-order valence-electron chi connectivity index (χ2n) is 4.20. The van der Waals surface area contributed by atoms with Gasteiger partial charge in [-0.2, -0.15) is 16.7 Å². The molecule has 0 N–H and O–H groups in total. The summed E-state index contributed by atoms with van der Waals surface area (Å²) in [6.07, 6.45) is -0.0871. The summed E-state index contributed by atoms with van der Waals surface area (Å²) in [5, 5.41) is 3.56. The lowest BCUT2D eigenvalue weighted by Gasteiger charge is -2.18. The molecule has 0 spiro atoms. The van der Waals surface area contributed by atoms with Crippen molar-refractivity contribution in [1.29, 1.82) is 0 Å². The number of hydrogen-bond acceptors (Lipinski definition) is 5. The largest absolute Gasteiger partial charge is 0.368 e. The molecule has 19 heavy (non-hydrogen) atoms. The van der Waals surface area contributed by atoms with Gasteiger partial charge in [0.1, 0.15) is 11.5 Å². The minimum absolute atomic E-state index is 0.0871. The van der Waals surface area contributed by atoms with E-state index in [2.05, 4.69) is 10.1 Å². The summed E-state index contributed by atoms with van der Waals surface area (Å²) in [7, 11) is 0. The fourth-order valence-corrected chi connectivity index (χ4v) is 2.96. The van der Waals surface area contributed by atoms with Crippen molar-refractivity contribution in [3.8, 4) is 0 Å². The molecule has 1 aromatic heterocycles. The van der Waals surface area contributed by atoms with E-state index in [1.165, 1.54) is 0 Å². The SMILES string of the molecule is ClC(c1ccccc1)c1nc(C2CSCCO2)no1. The second-order valence-corrected chi connectivity index (χ2v) is 5.78. The molecule has 0 radical (unpaired) electrons. The predicted octanol–water partition coefficient (Wildman–Crippen LogP) is 3.20. The van der Waals surface area contributed by atoms with Crippen LogP contribution in [0.5, 0.6) is 0 Å².